The number of aromatic nitrogens is 3. The first kappa shape index (κ1) is 24.6. The molecule has 1 atom stereocenters. The molecule has 0 aliphatic carbocycles. The van der Waals surface area contributed by atoms with Crippen molar-refractivity contribution in [3.05, 3.63) is 90.3 Å². The van der Waals surface area contributed by atoms with Gasteiger partial charge < -0.3 is 10.1 Å². The number of ether oxygens (including phenoxy) is 1. The van der Waals surface area contributed by atoms with E-state index in [4.69, 9.17) is 4.74 Å². The van der Waals surface area contributed by atoms with Crippen molar-refractivity contribution in [3.8, 4) is 0 Å². The molecule has 174 valence electrons. The van der Waals surface area contributed by atoms with Crippen molar-refractivity contribution in [2.45, 2.75) is 26.6 Å². The first-order valence-corrected chi connectivity index (χ1v) is 11.5. The molecule has 0 saturated carbocycles. The minimum atomic E-state index is -0.227. The van der Waals surface area contributed by atoms with Crippen molar-refractivity contribution in [1.29, 1.82) is 0 Å². The predicted molar refractivity (Wildman–Crippen MR) is 132 cm³/mol. The third-order valence-corrected chi connectivity index (χ3v) is 4.90. The van der Waals surface area contributed by atoms with Crippen LogP contribution in [0.5, 0.6) is 0 Å². The fourth-order valence-electron chi connectivity index (χ4n) is 3.27. The lowest BCUT2D eigenvalue weighted by Crippen LogP contribution is -2.38. The van der Waals surface area contributed by atoms with E-state index in [2.05, 4.69) is 44.0 Å². The molecule has 3 rings (SSSR count). The summed E-state index contributed by atoms with van der Waals surface area (Å²) in [5, 5.41) is 3.49. The summed E-state index contributed by atoms with van der Waals surface area (Å²) >= 11 is 0. The van der Waals surface area contributed by atoms with Crippen LogP contribution in [0.25, 0.3) is 0 Å². The van der Waals surface area contributed by atoms with Crippen LogP contribution in [-0.2, 0) is 11.3 Å². The highest BCUT2D eigenvalue weighted by molar-refractivity contribution is 5.76. The molecule has 3 aromatic rings. The van der Waals surface area contributed by atoms with Crippen LogP contribution in [0.1, 0.15) is 37.2 Å². The van der Waals surface area contributed by atoms with Crippen molar-refractivity contribution in [2.24, 2.45) is 10.9 Å². The summed E-state index contributed by atoms with van der Waals surface area (Å²) in [4.78, 5) is 20.2. The van der Waals surface area contributed by atoms with Crippen LogP contribution in [-0.4, -0.2) is 58.9 Å². The second-order valence-electron chi connectivity index (χ2n) is 8.16. The highest BCUT2D eigenvalue weighted by Gasteiger charge is 2.22. The molecule has 1 N–H and O–H groups in total. The van der Waals surface area contributed by atoms with Crippen LogP contribution in [0, 0.1) is 5.92 Å². The normalized spacial score (nSPS) is 12.6. The van der Waals surface area contributed by atoms with Crippen LogP contribution < -0.4 is 5.32 Å². The molecule has 7 heteroatoms. The van der Waals surface area contributed by atoms with Gasteiger partial charge in [-0.05, 0) is 42.3 Å². The Balaban J connectivity index is 1.65. The molecular weight excluding hydrogens is 412 g/mol. The molecular formula is C26H34N6O. The van der Waals surface area contributed by atoms with E-state index in [0.717, 1.165) is 43.3 Å². The zero-order valence-corrected chi connectivity index (χ0v) is 19.5. The number of aliphatic imine (C=N–C) groups is 1. The highest BCUT2D eigenvalue weighted by atomic mass is 16.5. The van der Waals surface area contributed by atoms with Gasteiger partial charge in [-0.3, -0.25) is 24.8 Å². The number of hydrogen-bond acceptors (Lipinski definition) is 7. The molecule has 0 fully saturated rings. The Bertz CT molecular complexity index is 921. The van der Waals surface area contributed by atoms with Gasteiger partial charge in [-0.15, -0.1) is 0 Å². The maximum atomic E-state index is 6.34. The first-order valence-electron chi connectivity index (χ1n) is 11.5. The summed E-state index contributed by atoms with van der Waals surface area (Å²) < 4.78 is 6.34. The summed E-state index contributed by atoms with van der Waals surface area (Å²) in [5.74, 6) is 0.433. The number of rotatable bonds is 14. The van der Waals surface area contributed by atoms with Gasteiger partial charge >= 0.3 is 0 Å². The summed E-state index contributed by atoms with van der Waals surface area (Å²) in [6.07, 6.45) is 7.01. The lowest BCUT2D eigenvalue weighted by atomic mass is 10.2. The lowest BCUT2D eigenvalue weighted by Gasteiger charge is -2.31. The molecule has 0 bridgehead atoms. The second-order valence-corrected chi connectivity index (χ2v) is 8.16. The van der Waals surface area contributed by atoms with Gasteiger partial charge in [0, 0.05) is 51.0 Å². The van der Waals surface area contributed by atoms with Crippen LogP contribution in [0.2, 0.25) is 0 Å². The molecule has 3 aromatic heterocycles. The maximum absolute atomic E-state index is 6.34. The molecule has 0 aromatic carbocycles. The van der Waals surface area contributed by atoms with Crippen molar-refractivity contribution >= 4 is 6.21 Å². The quantitative estimate of drug-likeness (QED) is 0.231. The van der Waals surface area contributed by atoms with Gasteiger partial charge in [0.1, 0.15) is 0 Å². The third-order valence-electron chi connectivity index (χ3n) is 4.90. The van der Waals surface area contributed by atoms with Crippen molar-refractivity contribution < 1.29 is 4.74 Å². The largest absolute Gasteiger partial charge is 0.357 e. The van der Waals surface area contributed by atoms with E-state index in [-0.39, 0.29) is 6.23 Å². The number of nitrogens with one attached hydrogen (secondary N) is 1. The number of pyridine rings is 3. The molecule has 0 amide bonds. The van der Waals surface area contributed by atoms with Gasteiger partial charge in [-0.25, -0.2) is 0 Å². The Hall–Kier alpha value is -3.00. The van der Waals surface area contributed by atoms with E-state index in [1.165, 1.54) is 0 Å². The molecule has 0 aliphatic heterocycles. The van der Waals surface area contributed by atoms with E-state index < -0.39 is 0 Å². The topological polar surface area (TPSA) is 75.5 Å². The van der Waals surface area contributed by atoms with Gasteiger partial charge in [0.05, 0.1) is 30.2 Å². The highest BCUT2D eigenvalue weighted by Crippen LogP contribution is 2.21. The third kappa shape index (κ3) is 9.18. The summed E-state index contributed by atoms with van der Waals surface area (Å²) in [5.41, 5.74) is 2.80. The summed E-state index contributed by atoms with van der Waals surface area (Å²) in [6.45, 7) is 8.69. The van der Waals surface area contributed by atoms with Gasteiger partial charge in [-0.1, -0.05) is 32.0 Å². The molecule has 0 saturated heterocycles. The summed E-state index contributed by atoms with van der Waals surface area (Å²) in [6, 6.07) is 17.7. The summed E-state index contributed by atoms with van der Waals surface area (Å²) in [7, 11) is 0. The molecule has 0 aliphatic rings. The molecule has 0 spiro atoms. The molecule has 33 heavy (non-hydrogen) atoms. The Kier molecular flexibility index (Phi) is 10.6. The first-order chi connectivity index (χ1) is 16.2. The van der Waals surface area contributed by atoms with Crippen molar-refractivity contribution in [3.63, 3.8) is 0 Å². The fourth-order valence-corrected chi connectivity index (χ4v) is 3.27. The zero-order chi connectivity index (χ0) is 23.1. The Morgan fingerprint density at radius 1 is 0.939 bits per heavy atom. The van der Waals surface area contributed by atoms with Crippen molar-refractivity contribution in [2.75, 3.05) is 32.8 Å². The van der Waals surface area contributed by atoms with Crippen LogP contribution in [0.4, 0.5) is 0 Å². The van der Waals surface area contributed by atoms with Gasteiger partial charge in [0.2, 0.25) is 0 Å². The maximum Gasteiger partial charge on any atom is 0.153 e. The predicted octanol–water partition coefficient (Wildman–Crippen LogP) is 3.75. The second kappa shape index (κ2) is 14.2. The van der Waals surface area contributed by atoms with E-state index >= 15 is 0 Å². The standard InChI is InChI=1S/C26H34N6O/c1-22(2)21-33-26(25-11-5-8-14-31-25)32(17-15-27-19-23-9-3-6-12-29-23)18-16-28-20-24-10-4-7-13-30-24/h3-14,19,22,26,28H,15-18,20-21H2,1-2H3. The minimum Gasteiger partial charge on any atom is -0.357 e. The smallest absolute Gasteiger partial charge is 0.153 e. The van der Waals surface area contributed by atoms with E-state index in [9.17, 15) is 0 Å². The number of hydrogen-bond donors (Lipinski definition) is 1. The van der Waals surface area contributed by atoms with E-state index in [1.807, 2.05) is 73.2 Å². The fraction of sp³-hybridized carbons (Fsp3) is 0.385. The van der Waals surface area contributed by atoms with Gasteiger partial charge in [-0.2, -0.15) is 0 Å². The zero-order valence-electron chi connectivity index (χ0n) is 19.5. The minimum absolute atomic E-state index is 0.227. The Labute approximate surface area is 197 Å². The number of nitrogens with zero attached hydrogens (tertiary/aromatic N) is 5. The molecule has 7 nitrogen and oxygen atoms in total. The van der Waals surface area contributed by atoms with E-state index in [0.29, 0.717) is 19.1 Å². The molecule has 0 radical (unpaired) electrons. The average Bonchev–Trinajstić information content (AvgIpc) is 2.85. The lowest BCUT2D eigenvalue weighted by molar-refractivity contribution is -0.0726. The molecule has 3 heterocycles. The molecule has 1 unspecified atom stereocenters. The van der Waals surface area contributed by atoms with Crippen LogP contribution in [0.3, 0.4) is 0 Å². The average molecular weight is 447 g/mol. The Morgan fingerprint density at radius 3 is 2.36 bits per heavy atom. The van der Waals surface area contributed by atoms with Gasteiger partial charge in [0.25, 0.3) is 0 Å². The van der Waals surface area contributed by atoms with Crippen LogP contribution in [0.15, 0.2) is 78.2 Å². The monoisotopic (exact) mass is 446 g/mol. The van der Waals surface area contributed by atoms with Gasteiger partial charge in [0.15, 0.2) is 6.23 Å². The van der Waals surface area contributed by atoms with Crippen LogP contribution >= 0.6 is 0 Å². The van der Waals surface area contributed by atoms with Crippen molar-refractivity contribution in [1.82, 2.24) is 25.2 Å². The Morgan fingerprint density at radius 2 is 1.70 bits per heavy atom. The SMILES string of the molecule is CC(C)COC(c1ccccn1)N(CCN=Cc1ccccn1)CCNCc1ccccn1. The van der Waals surface area contributed by atoms with E-state index in [1.54, 1.807) is 6.20 Å².